The van der Waals surface area contributed by atoms with Crippen LogP contribution in [0.25, 0.3) is 0 Å². The van der Waals surface area contributed by atoms with Crippen molar-refractivity contribution >= 4 is 23.2 Å². The molecule has 1 saturated heterocycles. The van der Waals surface area contributed by atoms with E-state index in [1.807, 2.05) is 0 Å². The first kappa shape index (κ1) is 14.3. The van der Waals surface area contributed by atoms with Gasteiger partial charge in [0.05, 0.1) is 5.60 Å². The van der Waals surface area contributed by atoms with E-state index in [0.29, 0.717) is 17.6 Å². The Morgan fingerprint density at radius 3 is 2.75 bits per heavy atom. The molecule has 0 aliphatic carbocycles. The summed E-state index contributed by atoms with van der Waals surface area (Å²) in [6.07, 6.45) is 4.25. The van der Waals surface area contributed by atoms with Crippen LogP contribution in [0, 0.1) is 0 Å². The average molecular weight is 266 g/mol. The summed E-state index contributed by atoms with van der Waals surface area (Å²) in [6.45, 7) is 5.87. The first-order valence-electron chi connectivity index (χ1n) is 5.98. The van der Waals surface area contributed by atoms with Crippen LogP contribution in [0.5, 0.6) is 0 Å². The molecule has 1 unspecified atom stereocenters. The third kappa shape index (κ3) is 3.92. The van der Waals surface area contributed by atoms with Gasteiger partial charge >= 0.3 is 0 Å². The SMILES string of the molecule is CCC1(CC)CC(NCC(Cl)=CCl)CCO1. The molecule has 0 saturated carbocycles. The summed E-state index contributed by atoms with van der Waals surface area (Å²) in [5.74, 6) is 0. The standard InChI is InChI=1S/C12H21Cl2NO/c1-3-12(4-2)7-11(5-6-16-12)15-9-10(14)8-13/h8,11,15H,3-7,9H2,1-2H3. The highest BCUT2D eigenvalue weighted by atomic mass is 35.5. The number of hydrogen-bond acceptors (Lipinski definition) is 2. The number of ether oxygens (including phenoxy) is 1. The predicted molar refractivity (Wildman–Crippen MR) is 70.1 cm³/mol. The molecule has 4 heteroatoms. The molecule has 0 bridgehead atoms. The third-order valence-electron chi connectivity index (χ3n) is 3.46. The van der Waals surface area contributed by atoms with E-state index in [4.69, 9.17) is 27.9 Å². The fraction of sp³-hybridized carbons (Fsp3) is 0.833. The van der Waals surface area contributed by atoms with Crippen molar-refractivity contribution in [2.75, 3.05) is 13.2 Å². The Labute approximate surface area is 108 Å². The molecule has 1 N–H and O–H groups in total. The highest BCUT2D eigenvalue weighted by Gasteiger charge is 2.34. The molecule has 1 rings (SSSR count). The van der Waals surface area contributed by atoms with Gasteiger partial charge in [0.2, 0.25) is 0 Å². The zero-order chi connectivity index (χ0) is 12.0. The Hall–Kier alpha value is 0.240. The molecule has 2 nitrogen and oxygen atoms in total. The monoisotopic (exact) mass is 265 g/mol. The predicted octanol–water partition coefficient (Wildman–Crippen LogP) is 3.63. The Morgan fingerprint density at radius 1 is 1.50 bits per heavy atom. The molecule has 0 amide bonds. The summed E-state index contributed by atoms with van der Waals surface area (Å²) in [7, 11) is 0. The van der Waals surface area contributed by atoms with E-state index >= 15 is 0 Å². The van der Waals surface area contributed by atoms with Crippen LogP contribution in [0.1, 0.15) is 39.5 Å². The van der Waals surface area contributed by atoms with Crippen LogP contribution in [-0.2, 0) is 4.74 Å². The van der Waals surface area contributed by atoms with E-state index in [1.54, 1.807) is 0 Å². The Bertz CT molecular complexity index is 239. The molecular weight excluding hydrogens is 245 g/mol. The van der Waals surface area contributed by atoms with E-state index in [9.17, 15) is 0 Å². The van der Waals surface area contributed by atoms with Crippen molar-refractivity contribution in [3.05, 3.63) is 10.6 Å². The maximum atomic E-state index is 5.91. The Kier molecular flexibility index (Phi) is 6.12. The fourth-order valence-corrected chi connectivity index (χ4v) is 2.38. The highest BCUT2D eigenvalue weighted by Crippen LogP contribution is 2.31. The van der Waals surface area contributed by atoms with Gasteiger partial charge in [-0.2, -0.15) is 0 Å². The van der Waals surface area contributed by atoms with Crippen LogP contribution >= 0.6 is 23.2 Å². The molecule has 0 aromatic rings. The van der Waals surface area contributed by atoms with Crippen molar-refractivity contribution in [2.45, 2.75) is 51.2 Å². The minimum atomic E-state index is 0.0626. The van der Waals surface area contributed by atoms with Crippen LogP contribution < -0.4 is 5.32 Å². The average Bonchev–Trinajstić information content (AvgIpc) is 2.36. The van der Waals surface area contributed by atoms with Gasteiger partial charge in [0.1, 0.15) is 0 Å². The van der Waals surface area contributed by atoms with Crippen LogP contribution in [0.2, 0.25) is 0 Å². The summed E-state index contributed by atoms with van der Waals surface area (Å²) in [6, 6.07) is 0.485. The zero-order valence-electron chi connectivity index (χ0n) is 10.1. The number of nitrogens with one attached hydrogen (secondary N) is 1. The van der Waals surface area contributed by atoms with Gasteiger partial charge < -0.3 is 10.1 Å². The van der Waals surface area contributed by atoms with Gasteiger partial charge in [-0.3, -0.25) is 0 Å². The number of hydrogen-bond donors (Lipinski definition) is 1. The van der Waals surface area contributed by atoms with Crippen molar-refractivity contribution in [1.82, 2.24) is 5.32 Å². The van der Waals surface area contributed by atoms with E-state index in [2.05, 4.69) is 19.2 Å². The smallest absolute Gasteiger partial charge is 0.0692 e. The lowest BCUT2D eigenvalue weighted by molar-refractivity contribution is -0.0926. The molecule has 0 radical (unpaired) electrons. The van der Waals surface area contributed by atoms with E-state index in [0.717, 1.165) is 32.3 Å². The second kappa shape index (κ2) is 6.85. The Morgan fingerprint density at radius 2 is 2.19 bits per heavy atom. The molecule has 1 fully saturated rings. The van der Waals surface area contributed by atoms with Crippen molar-refractivity contribution in [3.8, 4) is 0 Å². The van der Waals surface area contributed by atoms with E-state index in [1.165, 1.54) is 5.54 Å². The lowest BCUT2D eigenvalue weighted by atomic mass is 9.86. The molecule has 94 valence electrons. The zero-order valence-corrected chi connectivity index (χ0v) is 11.6. The molecule has 16 heavy (non-hydrogen) atoms. The van der Waals surface area contributed by atoms with E-state index in [-0.39, 0.29) is 5.60 Å². The maximum Gasteiger partial charge on any atom is 0.0692 e. The quantitative estimate of drug-likeness (QED) is 0.820. The molecule has 0 aromatic carbocycles. The normalized spacial score (nSPS) is 25.8. The fourth-order valence-electron chi connectivity index (χ4n) is 2.23. The van der Waals surface area contributed by atoms with Gasteiger partial charge in [0, 0.05) is 29.8 Å². The number of halogens is 2. The molecular formula is C12H21Cl2NO. The highest BCUT2D eigenvalue weighted by molar-refractivity contribution is 6.36. The molecule has 1 aliphatic heterocycles. The first-order chi connectivity index (χ1) is 7.65. The van der Waals surface area contributed by atoms with Crippen molar-refractivity contribution in [2.24, 2.45) is 0 Å². The van der Waals surface area contributed by atoms with Crippen LogP contribution in [0.15, 0.2) is 10.6 Å². The number of rotatable bonds is 5. The van der Waals surface area contributed by atoms with Crippen molar-refractivity contribution in [3.63, 3.8) is 0 Å². The van der Waals surface area contributed by atoms with Gasteiger partial charge in [-0.15, -0.1) is 0 Å². The molecule has 0 spiro atoms. The Balaban J connectivity index is 2.44. The van der Waals surface area contributed by atoms with Gasteiger partial charge in [0.15, 0.2) is 0 Å². The lowest BCUT2D eigenvalue weighted by Gasteiger charge is -2.40. The molecule has 1 heterocycles. The summed E-state index contributed by atoms with van der Waals surface area (Å²) >= 11 is 11.4. The third-order valence-corrected chi connectivity index (χ3v) is 4.08. The summed E-state index contributed by atoms with van der Waals surface area (Å²) in [5.41, 5.74) is 1.48. The summed E-state index contributed by atoms with van der Waals surface area (Å²) < 4.78 is 5.91. The summed E-state index contributed by atoms with van der Waals surface area (Å²) in [5, 5.41) is 4.09. The van der Waals surface area contributed by atoms with Crippen LogP contribution in [-0.4, -0.2) is 24.8 Å². The first-order valence-corrected chi connectivity index (χ1v) is 6.79. The lowest BCUT2D eigenvalue weighted by Crippen LogP contribution is -2.46. The van der Waals surface area contributed by atoms with Gasteiger partial charge in [0.25, 0.3) is 0 Å². The van der Waals surface area contributed by atoms with Crippen LogP contribution in [0.4, 0.5) is 0 Å². The maximum absolute atomic E-state index is 5.91. The van der Waals surface area contributed by atoms with Crippen LogP contribution in [0.3, 0.4) is 0 Å². The second-order valence-electron chi connectivity index (χ2n) is 4.37. The minimum Gasteiger partial charge on any atom is -0.375 e. The van der Waals surface area contributed by atoms with Gasteiger partial charge in [-0.05, 0) is 25.7 Å². The largest absolute Gasteiger partial charge is 0.375 e. The topological polar surface area (TPSA) is 21.3 Å². The summed E-state index contributed by atoms with van der Waals surface area (Å²) in [4.78, 5) is 0. The van der Waals surface area contributed by atoms with Crippen molar-refractivity contribution in [1.29, 1.82) is 0 Å². The molecule has 1 atom stereocenters. The molecule has 0 aromatic heterocycles. The second-order valence-corrected chi connectivity index (χ2v) is 5.07. The van der Waals surface area contributed by atoms with Gasteiger partial charge in [-0.1, -0.05) is 37.0 Å². The van der Waals surface area contributed by atoms with Gasteiger partial charge in [-0.25, -0.2) is 0 Å². The van der Waals surface area contributed by atoms with E-state index < -0.39 is 0 Å². The minimum absolute atomic E-state index is 0.0626. The molecule has 1 aliphatic rings. The van der Waals surface area contributed by atoms with Crippen molar-refractivity contribution < 1.29 is 4.74 Å².